The lowest BCUT2D eigenvalue weighted by Gasteiger charge is -2.36. The lowest BCUT2D eigenvalue weighted by Crippen LogP contribution is -2.48. The van der Waals surface area contributed by atoms with Crippen LogP contribution in [0.25, 0.3) is 0 Å². The van der Waals surface area contributed by atoms with E-state index in [0.29, 0.717) is 30.9 Å². The number of nitrogens with one attached hydrogen (secondary N) is 1. The zero-order chi connectivity index (χ0) is 20.9. The van der Waals surface area contributed by atoms with Gasteiger partial charge in [-0.25, -0.2) is 9.18 Å². The molecule has 2 saturated heterocycles. The second kappa shape index (κ2) is 9.13. The number of ether oxygens (including phenoxy) is 1. The average Bonchev–Trinajstić information content (AvgIpc) is 3.21. The Kier molecular flexibility index (Phi) is 6.13. The molecule has 0 spiro atoms. The van der Waals surface area contributed by atoms with Crippen LogP contribution >= 0.6 is 0 Å². The molecule has 0 unspecified atom stereocenters. The van der Waals surface area contributed by atoms with E-state index in [0.717, 1.165) is 38.4 Å². The first-order valence-corrected chi connectivity index (χ1v) is 10.2. The summed E-state index contributed by atoms with van der Waals surface area (Å²) in [5.74, 6) is -0.381. The van der Waals surface area contributed by atoms with Crippen molar-refractivity contribution in [2.24, 2.45) is 0 Å². The minimum Gasteiger partial charge on any atom is -0.447 e. The fraction of sp³-hybridized carbons (Fsp3) is 0.364. The molecule has 2 aliphatic rings. The number of carbonyl (C=O) groups excluding carboxylic acids is 2. The number of halogens is 1. The number of nitrogens with zero attached hydrogens (tertiary/aromatic N) is 3. The molecule has 2 aromatic rings. The van der Waals surface area contributed by atoms with Gasteiger partial charge in [0, 0.05) is 56.2 Å². The van der Waals surface area contributed by atoms with Crippen molar-refractivity contribution in [3.8, 4) is 0 Å². The molecule has 8 heteroatoms. The van der Waals surface area contributed by atoms with Gasteiger partial charge in [0.25, 0.3) is 5.91 Å². The minimum atomic E-state index is -0.382. The molecular formula is C22H25FN4O3. The zero-order valence-corrected chi connectivity index (χ0v) is 16.7. The number of piperazine rings is 1. The van der Waals surface area contributed by atoms with E-state index in [9.17, 15) is 14.0 Å². The molecule has 0 atom stereocenters. The largest absolute Gasteiger partial charge is 0.447 e. The smallest absolute Gasteiger partial charge is 0.414 e. The van der Waals surface area contributed by atoms with Crippen molar-refractivity contribution in [2.75, 3.05) is 62.2 Å². The quantitative estimate of drug-likeness (QED) is 0.789. The van der Waals surface area contributed by atoms with Crippen LogP contribution in [0.2, 0.25) is 0 Å². The molecule has 1 N–H and O–H groups in total. The predicted molar refractivity (Wildman–Crippen MR) is 113 cm³/mol. The highest BCUT2D eigenvalue weighted by molar-refractivity contribution is 5.97. The number of hydrogen-bond donors (Lipinski definition) is 1. The fourth-order valence-electron chi connectivity index (χ4n) is 3.75. The van der Waals surface area contributed by atoms with E-state index in [-0.39, 0.29) is 17.8 Å². The molecule has 2 aliphatic heterocycles. The van der Waals surface area contributed by atoms with Crippen LogP contribution in [0.5, 0.6) is 0 Å². The van der Waals surface area contributed by atoms with Crippen molar-refractivity contribution in [3.05, 3.63) is 59.9 Å². The van der Waals surface area contributed by atoms with Gasteiger partial charge in [-0.2, -0.15) is 0 Å². The summed E-state index contributed by atoms with van der Waals surface area (Å²) < 4.78 is 18.0. The summed E-state index contributed by atoms with van der Waals surface area (Å²) in [7, 11) is 0. The van der Waals surface area contributed by atoms with E-state index in [1.54, 1.807) is 36.4 Å². The van der Waals surface area contributed by atoms with Crippen molar-refractivity contribution in [1.29, 1.82) is 0 Å². The highest BCUT2D eigenvalue weighted by Gasteiger charge is 2.24. The molecule has 2 aromatic carbocycles. The van der Waals surface area contributed by atoms with E-state index in [4.69, 9.17) is 4.74 Å². The Labute approximate surface area is 175 Å². The standard InChI is InChI=1S/C22H25FN4O3/c23-18-4-6-19(7-5-18)26-12-10-25(11-13-26)9-8-24-21(28)17-2-1-3-20(16-17)27-14-15-30-22(27)29/h1-7,16H,8-15H2,(H,24,28). The summed E-state index contributed by atoms with van der Waals surface area (Å²) in [6.07, 6.45) is -0.382. The Morgan fingerprint density at radius 2 is 1.77 bits per heavy atom. The molecule has 0 bridgehead atoms. The topological polar surface area (TPSA) is 65.1 Å². The Balaban J connectivity index is 1.23. The van der Waals surface area contributed by atoms with E-state index >= 15 is 0 Å². The second-order valence-electron chi connectivity index (χ2n) is 7.38. The first kappa shape index (κ1) is 20.2. The van der Waals surface area contributed by atoms with Gasteiger partial charge in [0.2, 0.25) is 0 Å². The van der Waals surface area contributed by atoms with Gasteiger partial charge in [-0.05, 0) is 42.5 Å². The van der Waals surface area contributed by atoms with Crippen LogP contribution in [0.1, 0.15) is 10.4 Å². The van der Waals surface area contributed by atoms with Crippen molar-refractivity contribution in [3.63, 3.8) is 0 Å². The Morgan fingerprint density at radius 1 is 1.00 bits per heavy atom. The summed E-state index contributed by atoms with van der Waals surface area (Å²) in [5.41, 5.74) is 2.22. The SMILES string of the molecule is O=C(NCCN1CCN(c2ccc(F)cc2)CC1)c1cccc(N2CCOC2=O)c1. The van der Waals surface area contributed by atoms with Gasteiger partial charge in [-0.3, -0.25) is 14.6 Å². The molecular weight excluding hydrogens is 387 g/mol. The van der Waals surface area contributed by atoms with Crippen LogP contribution in [0.15, 0.2) is 48.5 Å². The highest BCUT2D eigenvalue weighted by atomic mass is 19.1. The number of hydrogen-bond acceptors (Lipinski definition) is 5. The van der Waals surface area contributed by atoms with Crippen LogP contribution in [-0.4, -0.2) is 69.3 Å². The number of anilines is 2. The average molecular weight is 412 g/mol. The zero-order valence-electron chi connectivity index (χ0n) is 16.7. The first-order chi connectivity index (χ1) is 14.6. The van der Waals surface area contributed by atoms with Gasteiger partial charge in [0.1, 0.15) is 12.4 Å². The number of amides is 2. The number of benzene rings is 2. The Hall–Kier alpha value is -3.13. The summed E-state index contributed by atoms with van der Waals surface area (Å²) in [4.78, 5) is 30.3. The molecule has 30 heavy (non-hydrogen) atoms. The molecule has 0 radical (unpaired) electrons. The fourth-order valence-corrected chi connectivity index (χ4v) is 3.75. The van der Waals surface area contributed by atoms with Crippen molar-refractivity contribution in [2.45, 2.75) is 0 Å². The van der Waals surface area contributed by atoms with E-state index in [1.807, 2.05) is 0 Å². The van der Waals surface area contributed by atoms with Crippen LogP contribution < -0.4 is 15.1 Å². The van der Waals surface area contributed by atoms with Gasteiger partial charge in [-0.15, -0.1) is 0 Å². The Morgan fingerprint density at radius 3 is 2.47 bits per heavy atom. The normalized spacial score (nSPS) is 17.2. The predicted octanol–water partition coefficient (Wildman–Crippen LogP) is 2.33. The summed E-state index contributed by atoms with van der Waals surface area (Å²) >= 11 is 0. The lowest BCUT2D eigenvalue weighted by molar-refractivity contribution is 0.0947. The number of cyclic esters (lactones) is 1. The monoisotopic (exact) mass is 412 g/mol. The van der Waals surface area contributed by atoms with E-state index in [1.165, 1.54) is 17.0 Å². The van der Waals surface area contributed by atoms with Crippen molar-refractivity contribution < 1.29 is 18.7 Å². The molecule has 0 aliphatic carbocycles. The van der Waals surface area contributed by atoms with Crippen LogP contribution in [0, 0.1) is 5.82 Å². The summed E-state index contributed by atoms with van der Waals surface area (Å²) in [6, 6.07) is 13.6. The highest BCUT2D eigenvalue weighted by Crippen LogP contribution is 2.20. The lowest BCUT2D eigenvalue weighted by atomic mass is 10.1. The number of carbonyl (C=O) groups is 2. The second-order valence-corrected chi connectivity index (χ2v) is 7.38. The van der Waals surface area contributed by atoms with Gasteiger partial charge in [0.05, 0.1) is 6.54 Å². The third-order valence-corrected chi connectivity index (χ3v) is 5.46. The molecule has 2 fully saturated rings. The Bertz CT molecular complexity index is 898. The van der Waals surface area contributed by atoms with Gasteiger partial charge in [-0.1, -0.05) is 6.07 Å². The van der Waals surface area contributed by atoms with Gasteiger partial charge >= 0.3 is 6.09 Å². The molecule has 2 heterocycles. The van der Waals surface area contributed by atoms with Crippen molar-refractivity contribution in [1.82, 2.24) is 10.2 Å². The molecule has 2 amide bonds. The maximum atomic E-state index is 13.1. The molecule has 158 valence electrons. The first-order valence-electron chi connectivity index (χ1n) is 10.2. The summed E-state index contributed by atoms with van der Waals surface area (Å²) in [6.45, 7) is 5.69. The minimum absolute atomic E-state index is 0.158. The summed E-state index contributed by atoms with van der Waals surface area (Å²) in [5, 5.41) is 2.95. The van der Waals surface area contributed by atoms with Gasteiger partial charge in [0.15, 0.2) is 0 Å². The molecule has 0 aromatic heterocycles. The maximum absolute atomic E-state index is 13.1. The van der Waals surface area contributed by atoms with Crippen LogP contribution in [0.3, 0.4) is 0 Å². The number of rotatable bonds is 6. The third-order valence-electron chi connectivity index (χ3n) is 5.46. The van der Waals surface area contributed by atoms with Crippen LogP contribution in [0.4, 0.5) is 20.6 Å². The molecule has 7 nitrogen and oxygen atoms in total. The third kappa shape index (κ3) is 4.71. The van der Waals surface area contributed by atoms with Crippen LogP contribution in [-0.2, 0) is 4.74 Å². The van der Waals surface area contributed by atoms with E-state index < -0.39 is 0 Å². The molecule has 0 saturated carbocycles. The van der Waals surface area contributed by atoms with Crippen molar-refractivity contribution >= 4 is 23.4 Å². The maximum Gasteiger partial charge on any atom is 0.414 e. The van der Waals surface area contributed by atoms with E-state index in [2.05, 4.69) is 15.1 Å². The van der Waals surface area contributed by atoms with Gasteiger partial charge < -0.3 is 15.0 Å². The molecule has 4 rings (SSSR count).